The first kappa shape index (κ1) is 8.41. The highest BCUT2D eigenvalue weighted by molar-refractivity contribution is 5.78. The Balaban J connectivity index is 2.19. The molecule has 6 heteroatoms. The Bertz CT molecular complexity index is 161. The normalized spacial score (nSPS) is 23.0. The SMILES string of the molecule is NC(N)(N)C(=O)OCC1CO1. The average Bonchev–Trinajstić information content (AvgIpc) is 2.62. The zero-order chi connectivity index (χ0) is 8.48. The van der Waals surface area contributed by atoms with Crippen LogP contribution in [-0.4, -0.2) is 31.1 Å². The molecule has 0 saturated carbocycles. The summed E-state index contributed by atoms with van der Waals surface area (Å²) in [6, 6.07) is 0. The fourth-order valence-electron chi connectivity index (χ4n) is 0.458. The third-order valence-corrected chi connectivity index (χ3v) is 1.16. The minimum atomic E-state index is -1.89. The van der Waals surface area contributed by atoms with E-state index in [4.69, 9.17) is 21.9 Å². The Hall–Kier alpha value is -0.690. The van der Waals surface area contributed by atoms with Gasteiger partial charge in [-0.3, -0.25) is 17.2 Å². The number of hydrogen-bond acceptors (Lipinski definition) is 6. The van der Waals surface area contributed by atoms with Crippen LogP contribution in [0.25, 0.3) is 0 Å². The monoisotopic (exact) mass is 161 g/mol. The highest BCUT2D eigenvalue weighted by atomic mass is 16.6. The number of rotatable bonds is 3. The molecule has 0 radical (unpaired) electrons. The lowest BCUT2D eigenvalue weighted by atomic mass is 10.4. The summed E-state index contributed by atoms with van der Waals surface area (Å²) in [5.74, 6) is -2.72. The number of esters is 1. The molecule has 0 spiro atoms. The fraction of sp³-hybridized carbons (Fsp3) is 0.800. The molecule has 1 atom stereocenters. The smallest absolute Gasteiger partial charge is 0.356 e. The van der Waals surface area contributed by atoms with Crippen molar-refractivity contribution in [2.75, 3.05) is 13.2 Å². The average molecular weight is 161 g/mol. The van der Waals surface area contributed by atoms with E-state index in [9.17, 15) is 4.79 Å². The van der Waals surface area contributed by atoms with E-state index in [0.29, 0.717) is 6.61 Å². The lowest BCUT2D eigenvalue weighted by Gasteiger charge is -2.15. The summed E-state index contributed by atoms with van der Waals surface area (Å²) in [6.45, 7) is 0.784. The van der Waals surface area contributed by atoms with Crippen LogP contribution in [0, 0.1) is 0 Å². The van der Waals surface area contributed by atoms with Gasteiger partial charge in [-0.05, 0) is 0 Å². The van der Waals surface area contributed by atoms with Gasteiger partial charge in [-0.25, -0.2) is 4.79 Å². The largest absolute Gasteiger partial charge is 0.459 e. The summed E-state index contributed by atoms with van der Waals surface area (Å²) in [7, 11) is 0. The Morgan fingerprint density at radius 3 is 2.55 bits per heavy atom. The van der Waals surface area contributed by atoms with Gasteiger partial charge in [0.1, 0.15) is 12.7 Å². The van der Waals surface area contributed by atoms with Crippen molar-refractivity contribution in [1.82, 2.24) is 0 Å². The van der Waals surface area contributed by atoms with Crippen LogP contribution in [0.2, 0.25) is 0 Å². The van der Waals surface area contributed by atoms with Crippen LogP contribution >= 0.6 is 0 Å². The maximum absolute atomic E-state index is 10.7. The number of hydrogen-bond donors (Lipinski definition) is 3. The molecule has 0 aliphatic carbocycles. The van der Waals surface area contributed by atoms with E-state index < -0.39 is 11.8 Å². The van der Waals surface area contributed by atoms with Crippen molar-refractivity contribution in [3.05, 3.63) is 0 Å². The number of epoxide rings is 1. The van der Waals surface area contributed by atoms with Crippen molar-refractivity contribution < 1.29 is 14.3 Å². The molecule has 0 aromatic rings. The molecule has 6 N–H and O–H groups in total. The van der Waals surface area contributed by atoms with Crippen molar-refractivity contribution in [1.29, 1.82) is 0 Å². The molecule has 1 aliphatic heterocycles. The van der Waals surface area contributed by atoms with Crippen LogP contribution in [-0.2, 0) is 14.3 Å². The molecule has 64 valence electrons. The van der Waals surface area contributed by atoms with Gasteiger partial charge in [0.2, 0.25) is 5.79 Å². The van der Waals surface area contributed by atoms with E-state index in [1.807, 2.05) is 0 Å². The molecule has 0 amide bonds. The lowest BCUT2D eigenvalue weighted by Crippen LogP contribution is -2.64. The van der Waals surface area contributed by atoms with Gasteiger partial charge in [-0.2, -0.15) is 0 Å². The van der Waals surface area contributed by atoms with Gasteiger partial charge in [-0.15, -0.1) is 0 Å². The summed E-state index contributed by atoms with van der Waals surface area (Å²) < 4.78 is 9.36. The minimum absolute atomic E-state index is 0.00120. The second-order valence-corrected chi connectivity index (χ2v) is 2.49. The van der Waals surface area contributed by atoms with Crippen molar-refractivity contribution in [2.45, 2.75) is 11.9 Å². The van der Waals surface area contributed by atoms with E-state index in [2.05, 4.69) is 4.74 Å². The predicted molar refractivity (Wildman–Crippen MR) is 36.0 cm³/mol. The molecule has 1 heterocycles. The zero-order valence-corrected chi connectivity index (χ0v) is 5.95. The highest BCUT2D eigenvalue weighted by Gasteiger charge is 2.29. The third kappa shape index (κ3) is 2.81. The Morgan fingerprint density at radius 2 is 2.18 bits per heavy atom. The topological polar surface area (TPSA) is 117 Å². The number of carbonyl (C=O) groups excluding carboxylic acids is 1. The van der Waals surface area contributed by atoms with Crippen LogP contribution in [0.3, 0.4) is 0 Å². The summed E-state index contributed by atoms with van der Waals surface area (Å²) >= 11 is 0. The van der Waals surface area contributed by atoms with Crippen molar-refractivity contribution in [2.24, 2.45) is 17.2 Å². The molecule has 11 heavy (non-hydrogen) atoms. The third-order valence-electron chi connectivity index (χ3n) is 1.16. The summed E-state index contributed by atoms with van der Waals surface area (Å²) in [5.41, 5.74) is 15.1. The van der Waals surface area contributed by atoms with Gasteiger partial charge < -0.3 is 9.47 Å². The van der Waals surface area contributed by atoms with E-state index in [0.717, 1.165) is 0 Å². The number of ether oxygens (including phenoxy) is 2. The molecule has 1 fully saturated rings. The molecule has 6 nitrogen and oxygen atoms in total. The zero-order valence-electron chi connectivity index (χ0n) is 5.95. The number of carbonyl (C=O) groups is 1. The standard InChI is InChI=1S/C5H11N3O3/c6-5(7,8)4(9)11-2-3-1-10-3/h3H,1-2,6-8H2. The van der Waals surface area contributed by atoms with Crippen LogP contribution in [0.4, 0.5) is 0 Å². The summed E-state index contributed by atoms with van der Waals surface area (Å²) in [4.78, 5) is 10.7. The van der Waals surface area contributed by atoms with Crippen molar-refractivity contribution >= 4 is 5.97 Å². The molecular formula is C5H11N3O3. The van der Waals surface area contributed by atoms with Gasteiger partial charge in [0.15, 0.2) is 0 Å². The van der Waals surface area contributed by atoms with E-state index in [-0.39, 0.29) is 12.7 Å². The predicted octanol–water partition coefficient (Wildman–Crippen LogP) is -2.54. The van der Waals surface area contributed by atoms with Crippen LogP contribution < -0.4 is 17.2 Å². The van der Waals surface area contributed by atoms with Gasteiger partial charge in [0.25, 0.3) is 0 Å². The Kier molecular flexibility index (Phi) is 2.10. The maximum atomic E-state index is 10.7. The van der Waals surface area contributed by atoms with Gasteiger partial charge in [0, 0.05) is 0 Å². The first-order valence-corrected chi connectivity index (χ1v) is 3.15. The molecule has 0 aromatic heterocycles. The molecule has 1 rings (SSSR count). The van der Waals surface area contributed by atoms with Gasteiger partial charge in [-0.1, -0.05) is 0 Å². The van der Waals surface area contributed by atoms with Crippen molar-refractivity contribution in [3.8, 4) is 0 Å². The van der Waals surface area contributed by atoms with Crippen LogP contribution in [0.5, 0.6) is 0 Å². The van der Waals surface area contributed by atoms with Gasteiger partial charge >= 0.3 is 5.97 Å². The molecule has 0 bridgehead atoms. The van der Waals surface area contributed by atoms with Crippen LogP contribution in [0.15, 0.2) is 0 Å². The molecule has 1 unspecified atom stereocenters. The van der Waals surface area contributed by atoms with Crippen molar-refractivity contribution in [3.63, 3.8) is 0 Å². The molecule has 0 aromatic carbocycles. The summed E-state index contributed by atoms with van der Waals surface area (Å²) in [5, 5.41) is 0. The summed E-state index contributed by atoms with van der Waals surface area (Å²) in [6.07, 6.45) is 0.00120. The Morgan fingerprint density at radius 1 is 1.64 bits per heavy atom. The fourth-order valence-corrected chi connectivity index (χ4v) is 0.458. The maximum Gasteiger partial charge on any atom is 0.356 e. The molecule has 1 saturated heterocycles. The van der Waals surface area contributed by atoms with E-state index >= 15 is 0 Å². The van der Waals surface area contributed by atoms with E-state index in [1.165, 1.54) is 0 Å². The lowest BCUT2D eigenvalue weighted by molar-refractivity contribution is -0.150. The number of nitrogens with two attached hydrogens (primary N) is 3. The first-order chi connectivity index (χ1) is 5.00. The van der Waals surface area contributed by atoms with E-state index in [1.54, 1.807) is 0 Å². The Labute approximate surface area is 63.6 Å². The minimum Gasteiger partial charge on any atom is -0.459 e. The van der Waals surface area contributed by atoms with Gasteiger partial charge in [0.05, 0.1) is 6.61 Å². The highest BCUT2D eigenvalue weighted by Crippen LogP contribution is 2.08. The second-order valence-electron chi connectivity index (χ2n) is 2.49. The second kappa shape index (κ2) is 2.74. The quantitative estimate of drug-likeness (QED) is 0.238. The van der Waals surface area contributed by atoms with Crippen LogP contribution in [0.1, 0.15) is 0 Å². The molecule has 1 aliphatic rings. The molecular weight excluding hydrogens is 150 g/mol. The first-order valence-electron chi connectivity index (χ1n) is 3.15.